The summed E-state index contributed by atoms with van der Waals surface area (Å²) in [6.07, 6.45) is 12.3. The van der Waals surface area contributed by atoms with Crippen LogP contribution in [0.15, 0.2) is 36.7 Å². The first-order valence-corrected chi connectivity index (χ1v) is 8.54. The van der Waals surface area contributed by atoms with E-state index < -0.39 is 0 Å². The summed E-state index contributed by atoms with van der Waals surface area (Å²) < 4.78 is 5.68. The average Bonchev–Trinajstić information content (AvgIpc) is 2.59. The predicted molar refractivity (Wildman–Crippen MR) is 92.6 cm³/mol. The molecule has 0 aliphatic rings. The van der Waals surface area contributed by atoms with Crippen molar-refractivity contribution in [1.82, 2.24) is 9.97 Å². The molecule has 1 N–H and O–H groups in total. The minimum absolute atomic E-state index is 0.239. The largest absolute Gasteiger partial charge is 0.508 e. The van der Waals surface area contributed by atoms with Crippen molar-refractivity contribution in [2.75, 3.05) is 6.61 Å². The molecule has 2 rings (SSSR count). The molecule has 2 aromatic rings. The molecule has 1 heterocycles. The van der Waals surface area contributed by atoms with Crippen molar-refractivity contribution in [3.8, 4) is 22.9 Å². The Morgan fingerprint density at radius 2 is 1.48 bits per heavy atom. The summed E-state index contributed by atoms with van der Waals surface area (Å²) in [5.41, 5.74) is 0.876. The SMILES string of the molecule is CCCCCCCCCOc1cnc(-c2ccc(O)cc2)nc1. The summed E-state index contributed by atoms with van der Waals surface area (Å²) in [7, 11) is 0. The van der Waals surface area contributed by atoms with Gasteiger partial charge in [-0.1, -0.05) is 45.4 Å². The van der Waals surface area contributed by atoms with Crippen LogP contribution < -0.4 is 4.74 Å². The number of phenols is 1. The molecule has 0 spiro atoms. The van der Waals surface area contributed by atoms with Gasteiger partial charge < -0.3 is 9.84 Å². The first kappa shape index (κ1) is 17.3. The van der Waals surface area contributed by atoms with Crippen molar-refractivity contribution in [2.24, 2.45) is 0 Å². The Kier molecular flexibility index (Phi) is 7.37. The lowest BCUT2D eigenvalue weighted by Gasteiger charge is -2.06. The highest BCUT2D eigenvalue weighted by Crippen LogP contribution is 2.19. The van der Waals surface area contributed by atoms with Gasteiger partial charge in [-0.05, 0) is 30.7 Å². The van der Waals surface area contributed by atoms with Gasteiger partial charge in [0.2, 0.25) is 0 Å². The molecule has 1 aromatic heterocycles. The number of nitrogens with zero attached hydrogens (tertiary/aromatic N) is 2. The molecule has 0 radical (unpaired) electrons. The highest BCUT2D eigenvalue weighted by molar-refractivity contribution is 5.55. The molecule has 4 heteroatoms. The number of benzene rings is 1. The van der Waals surface area contributed by atoms with Crippen LogP contribution in [0.25, 0.3) is 11.4 Å². The second kappa shape index (κ2) is 9.82. The second-order valence-electron chi connectivity index (χ2n) is 5.76. The topological polar surface area (TPSA) is 55.2 Å². The number of aromatic hydroxyl groups is 1. The van der Waals surface area contributed by atoms with E-state index in [-0.39, 0.29) is 5.75 Å². The van der Waals surface area contributed by atoms with Crippen LogP contribution in [0.2, 0.25) is 0 Å². The van der Waals surface area contributed by atoms with Crippen LogP contribution >= 0.6 is 0 Å². The summed E-state index contributed by atoms with van der Waals surface area (Å²) in [6, 6.07) is 6.85. The third-order valence-corrected chi connectivity index (χ3v) is 3.77. The van der Waals surface area contributed by atoms with Crippen LogP contribution in [-0.2, 0) is 0 Å². The Balaban J connectivity index is 1.68. The molecule has 23 heavy (non-hydrogen) atoms. The third kappa shape index (κ3) is 6.27. The van der Waals surface area contributed by atoms with E-state index in [1.165, 1.54) is 38.5 Å². The van der Waals surface area contributed by atoms with Gasteiger partial charge in [0.15, 0.2) is 11.6 Å². The van der Waals surface area contributed by atoms with Crippen molar-refractivity contribution in [3.63, 3.8) is 0 Å². The first-order chi connectivity index (χ1) is 11.3. The molecule has 0 unspecified atom stereocenters. The molecule has 0 saturated carbocycles. The molecule has 4 nitrogen and oxygen atoms in total. The van der Waals surface area contributed by atoms with E-state index in [0.717, 1.165) is 18.6 Å². The van der Waals surface area contributed by atoms with E-state index in [9.17, 15) is 5.11 Å². The number of ether oxygens (including phenoxy) is 1. The molecular weight excluding hydrogens is 288 g/mol. The fourth-order valence-corrected chi connectivity index (χ4v) is 2.40. The van der Waals surface area contributed by atoms with Gasteiger partial charge in [-0.25, -0.2) is 9.97 Å². The Hall–Kier alpha value is -2.10. The van der Waals surface area contributed by atoms with Crippen LogP contribution in [0.3, 0.4) is 0 Å². The summed E-state index contributed by atoms with van der Waals surface area (Å²) >= 11 is 0. The van der Waals surface area contributed by atoms with Gasteiger partial charge in [0.05, 0.1) is 19.0 Å². The van der Waals surface area contributed by atoms with Crippen LogP contribution in [0.4, 0.5) is 0 Å². The van der Waals surface area contributed by atoms with Crippen molar-refractivity contribution in [2.45, 2.75) is 51.9 Å². The van der Waals surface area contributed by atoms with E-state index in [0.29, 0.717) is 11.6 Å². The highest BCUT2D eigenvalue weighted by Gasteiger charge is 2.02. The second-order valence-corrected chi connectivity index (χ2v) is 5.76. The van der Waals surface area contributed by atoms with Gasteiger partial charge in [0, 0.05) is 5.56 Å². The summed E-state index contributed by atoms with van der Waals surface area (Å²) in [4.78, 5) is 8.62. The predicted octanol–water partition coefficient (Wildman–Crippen LogP) is 4.98. The highest BCUT2D eigenvalue weighted by atomic mass is 16.5. The Bertz CT molecular complexity index is 553. The van der Waals surface area contributed by atoms with Gasteiger partial charge in [-0.15, -0.1) is 0 Å². The summed E-state index contributed by atoms with van der Waals surface area (Å²) in [5.74, 6) is 1.58. The van der Waals surface area contributed by atoms with Gasteiger partial charge in [-0.2, -0.15) is 0 Å². The average molecular weight is 314 g/mol. The number of hydrogen-bond donors (Lipinski definition) is 1. The maximum Gasteiger partial charge on any atom is 0.159 e. The molecule has 1 aromatic carbocycles. The van der Waals surface area contributed by atoms with E-state index >= 15 is 0 Å². The monoisotopic (exact) mass is 314 g/mol. The zero-order chi connectivity index (χ0) is 16.3. The molecule has 0 bridgehead atoms. The Morgan fingerprint density at radius 1 is 0.870 bits per heavy atom. The number of rotatable bonds is 10. The number of unbranched alkanes of at least 4 members (excludes halogenated alkanes) is 6. The number of aromatic nitrogens is 2. The maximum atomic E-state index is 9.29. The van der Waals surface area contributed by atoms with Gasteiger partial charge in [0.25, 0.3) is 0 Å². The van der Waals surface area contributed by atoms with Gasteiger partial charge in [-0.3, -0.25) is 0 Å². The zero-order valence-corrected chi connectivity index (χ0v) is 13.9. The van der Waals surface area contributed by atoms with Crippen molar-refractivity contribution < 1.29 is 9.84 Å². The molecule has 0 fully saturated rings. The van der Waals surface area contributed by atoms with E-state index in [1.54, 1.807) is 36.7 Å². The number of phenolic OH excluding ortho intramolecular Hbond substituents is 1. The van der Waals surface area contributed by atoms with Gasteiger partial charge in [0.1, 0.15) is 5.75 Å². The van der Waals surface area contributed by atoms with E-state index in [2.05, 4.69) is 16.9 Å². The molecule has 0 aliphatic heterocycles. The lowest BCUT2D eigenvalue weighted by Crippen LogP contribution is -1.99. The van der Waals surface area contributed by atoms with E-state index in [1.807, 2.05) is 0 Å². The molecule has 124 valence electrons. The molecule has 0 saturated heterocycles. The van der Waals surface area contributed by atoms with E-state index in [4.69, 9.17) is 4.74 Å². The quantitative estimate of drug-likeness (QED) is 0.628. The Labute approximate surface area is 138 Å². The fraction of sp³-hybridized carbons (Fsp3) is 0.474. The van der Waals surface area contributed by atoms with Crippen LogP contribution in [0.5, 0.6) is 11.5 Å². The lowest BCUT2D eigenvalue weighted by molar-refractivity contribution is 0.302. The van der Waals surface area contributed by atoms with Crippen LogP contribution in [0, 0.1) is 0 Å². The minimum atomic E-state index is 0.239. The Morgan fingerprint density at radius 3 is 2.13 bits per heavy atom. The van der Waals surface area contributed by atoms with Crippen molar-refractivity contribution >= 4 is 0 Å². The van der Waals surface area contributed by atoms with Crippen molar-refractivity contribution in [1.29, 1.82) is 0 Å². The molecule has 0 atom stereocenters. The normalized spacial score (nSPS) is 10.7. The van der Waals surface area contributed by atoms with Crippen LogP contribution in [0.1, 0.15) is 51.9 Å². The third-order valence-electron chi connectivity index (χ3n) is 3.77. The van der Waals surface area contributed by atoms with Crippen LogP contribution in [-0.4, -0.2) is 21.7 Å². The minimum Gasteiger partial charge on any atom is -0.508 e. The standard InChI is InChI=1S/C19H26N2O2/c1-2-3-4-5-6-7-8-13-23-18-14-20-19(21-15-18)16-9-11-17(22)12-10-16/h9-12,14-15,22H,2-8,13H2,1H3. The number of hydrogen-bond acceptors (Lipinski definition) is 4. The summed E-state index contributed by atoms with van der Waals surface area (Å²) in [5, 5.41) is 9.29. The molecule has 0 aliphatic carbocycles. The maximum absolute atomic E-state index is 9.29. The molecule has 0 amide bonds. The first-order valence-electron chi connectivity index (χ1n) is 8.54. The van der Waals surface area contributed by atoms with Gasteiger partial charge >= 0.3 is 0 Å². The lowest BCUT2D eigenvalue weighted by atomic mass is 10.1. The van der Waals surface area contributed by atoms with Crippen molar-refractivity contribution in [3.05, 3.63) is 36.7 Å². The smallest absolute Gasteiger partial charge is 0.159 e. The molecular formula is C19H26N2O2. The fourth-order valence-electron chi connectivity index (χ4n) is 2.40. The summed E-state index contributed by atoms with van der Waals surface area (Å²) in [6.45, 7) is 2.96. The zero-order valence-electron chi connectivity index (χ0n) is 13.9.